The lowest BCUT2D eigenvalue weighted by Gasteiger charge is -2.11. The second kappa shape index (κ2) is 6.80. The number of pyridine rings is 1. The molecule has 0 spiro atoms. The highest BCUT2D eigenvalue weighted by Gasteiger charge is 2.15. The fourth-order valence-electron chi connectivity index (χ4n) is 3.18. The van der Waals surface area contributed by atoms with Crippen molar-refractivity contribution in [1.82, 2.24) is 9.38 Å². The summed E-state index contributed by atoms with van der Waals surface area (Å²) in [6, 6.07) is 19.7. The van der Waals surface area contributed by atoms with Gasteiger partial charge in [0.25, 0.3) is 0 Å². The van der Waals surface area contributed by atoms with Crippen LogP contribution in [0.3, 0.4) is 0 Å². The van der Waals surface area contributed by atoms with Crippen LogP contribution in [0.5, 0.6) is 5.75 Å². The Morgan fingerprint density at radius 1 is 0.926 bits per heavy atom. The summed E-state index contributed by atoms with van der Waals surface area (Å²) in [7, 11) is 0. The molecule has 2 heterocycles. The molecule has 0 unspecified atom stereocenters. The van der Waals surface area contributed by atoms with Gasteiger partial charge in [0.2, 0.25) is 0 Å². The zero-order valence-electron chi connectivity index (χ0n) is 15.8. The maximum atomic E-state index is 9.61. The molecule has 0 aliphatic carbocycles. The molecule has 4 nitrogen and oxygen atoms in total. The number of phenols is 1. The molecule has 4 heteroatoms. The number of aromatic nitrogens is 2. The number of nitrogens with zero attached hydrogens (tertiary/aromatic N) is 2. The Kier molecular flexibility index (Phi) is 4.32. The zero-order valence-corrected chi connectivity index (χ0v) is 15.8. The van der Waals surface area contributed by atoms with Crippen molar-refractivity contribution in [2.45, 2.75) is 26.7 Å². The Hall–Kier alpha value is -3.27. The zero-order chi connectivity index (χ0) is 19.0. The maximum absolute atomic E-state index is 9.61. The van der Waals surface area contributed by atoms with E-state index in [9.17, 15) is 5.11 Å². The molecule has 0 fully saturated rings. The van der Waals surface area contributed by atoms with E-state index >= 15 is 0 Å². The second-order valence-electron chi connectivity index (χ2n) is 7.19. The largest absolute Gasteiger partial charge is 0.508 e. The van der Waals surface area contributed by atoms with Crippen LogP contribution >= 0.6 is 0 Å². The maximum Gasteiger partial charge on any atom is 0.143 e. The number of aromatic hydroxyl groups is 1. The third-order valence-corrected chi connectivity index (χ3v) is 4.75. The highest BCUT2D eigenvalue weighted by Crippen LogP contribution is 2.32. The minimum absolute atomic E-state index is 0.247. The van der Waals surface area contributed by atoms with E-state index < -0.39 is 0 Å². The van der Waals surface area contributed by atoms with Crippen LogP contribution in [0.15, 0.2) is 66.9 Å². The van der Waals surface area contributed by atoms with Crippen LogP contribution in [-0.4, -0.2) is 14.5 Å². The number of phenolic OH excluding ortho intramolecular Hbond substituents is 1. The van der Waals surface area contributed by atoms with Crippen molar-refractivity contribution in [2.24, 2.45) is 0 Å². The predicted molar refractivity (Wildman–Crippen MR) is 111 cm³/mol. The van der Waals surface area contributed by atoms with Crippen LogP contribution in [0.1, 0.15) is 30.9 Å². The van der Waals surface area contributed by atoms with Gasteiger partial charge >= 0.3 is 0 Å². The van der Waals surface area contributed by atoms with Crippen molar-refractivity contribution < 1.29 is 5.11 Å². The van der Waals surface area contributed by atoms with Gasteiger partial charge in [0, 0.05) is 17.4 Å². The van der Waals surface area contributed by atoms with Crippen molar-refractivity contribution in [1.29, 1.82) is 0 Å². The summed E-state index contributed by atoms with van der Waals surface area (Å²) in [4.78, 5) is 4.81. The summed E-state index contributed by atoms with van der Waals surface area (Å²) < 4.78 is 2.08. The average Bonchev–Trinajstić information content (AvgIpc) is 3.00. The number of hydrogen-bond donors (Lipinski definition) is 2. The van der Waals surface area contributed by atoms with Crippen molar-refractivity contribution in [3.8, 4) is 17.0 Å². The molecule has 2 N–H and O–H groups in total. The molecular weight excluding hydrogens is 334 g/mol. The number of nitrogens with one attached hydrogen (secondary N) is 1. The first kappa shape index (κ1) is 17.2. The fraction of sp³-hybridized carbons (Fsp3) is 0.174. The Morgan fingerprint density at radius 2 is 1.63 bits per heavy atom. The SMILES string of the molecule is Cc1ccc2nc(-c3ccc(O)cc3)c(Nc3ccc(C(C)C)cc3)n2c1. The molecule has 2 aromatic heterocycles. The smallest absolute Gasteiger partial charge is 0.143 e. The van der Waals surface area contributed by atoms with Gasteiger partial charge in [0.15, 0.2) is 0 Å². The van der Waals surface area contributed by atoms with Gasteiger partial charge in [-0.25, -0.2) is 4.98 Å². The average molecular weight is 357 g/mol. The number of imidazole rings is 1. The Labute approximate surface area is 159 Å². The normalized spacial score (nSPS) is 11.3. The van der Waals surface area contributed by atoms with Crippen LogP contribution in [-0.2, 0) is 0 Å². The Balaban J connectivity index is 1.82. The topological polar surface area (TPSA) is 49.6 Å². The van der Waals surface area contributed by atoms with E-state index in [0.29, 0.717) is 5.92 Å². The van der Waals surface area contributed by atoms with E-state index in [1.54, 1.807) is 12.1 Å². The molecule has 0 bridgehead atoms. The summed E-state index contributed by atoms with van der Waals surface area (Å²) in [5, 5.41) is 13.2. The standard InChI is InChI=1S/C23H23N3O/c1-15(2)17-5-9-19(10-6-17)24-23-22(18-7-11-20(27)12-8-18)25-21-13-4-16(3)14-26(21)23/h4-15,24,27H,1-3H3. The van der Waals surface area contributed by atoms with Crippen molar-refractivity contribution in [3.63, 3.8) is 0 Å². The minimum Gasteiger partial charge on any atom is -0.508 e. The van der Waals surface area contributed by atoms with Gasteiger partial charge in [-0.2, -0.15) is 0 Å². The number of benzene rings is 2. The first-order valence-corrected chi connectivity index (χ1v) is 9.16. The second-order valence-corrected chi connectivity index (χ2v) is 7.19. The lowest BCUT2D eigenvalue weighted by atomic mass is 10.0. The molecule has 136 valence electrons. The highest BCUT2D eigenvalue weighted by molar-refractivity contribution is 5.80. The van der Waals surface area contributed by atoms with E-state index in [-0.39, 0.29) is 5.75 Å². The van der Waals surface area contributed by atoms with Crippen LogP contribution in [0.4, 0.5) is 11.5 Å². The highest BCUT2D eigenvalue weighted by atomic mass is 16.3. The monoisotopic (exact) mass is 357 g/mol. The van der Waals surface area contributed by atoms with Crippen molar-refractivity contribution in [3.05, 3.63) is 78.0 Å². The summed E-state index contributed by atoms with van der Waals surface area (Å²) in [6.07, 6.45) is 2.08. The molecule has 0 aliphatic heterocycles. The van der Waals surface area contributed by atoms with Crippen LogP contribution < -0.4 is 5.32 Å². The molecule has 4 rings (SSSR count). The van der Waals surface area contributed by atoms with Gasteiger partial charge in [-0.1, -0.05) is 32.0 Å². The van der Waals surface area contributed by atoms with Crippen molar-refractivity contribution >= 4 is 17.2 Å². The summed E-state index contributed by atoms with van der Waals surface area (Å²) >= 11 is 0. The van der Waals surface area contributed by atoms with E-state index in [1.165, 1.54) is 5.56 Å². The van der Waals surface area contributed by atoms with E-state index in [0.717, 1.165) is 34.0 Å². The molecule has 0 atom stereocenters. The quantitative estimate of drug-likeness (QED) is 0.479. The molecular formula is C23H23N3O. The van der Waals surface area contributed by atoms with E-state index in [4.69, 9.17) is 4.98 Å². The summed E-state index contributed by atoms with van der Waals surface area (Å²) in [6.45, 7) is 6.46. The number of fused-ring (bicyclic) bond motifs is 1. The van der Waals surface area contributed by atoms with Crippen LogP contribution in [0.2, 0.25) is 0 Å². The van der Waals surface area contributed by atoms with Gasteiger partial charge in [0.1, 0.15) is 22.9 Å². The van der Waals surface area contributed by atoms with E-state index in [1.807, 2.05) is 18.2 Å². The number of aryl methyl sites for hydroxylation is 1. The predicted octanol–water partition coefficient (Wildman–Crippen LogP) is 5.88. The third-order valence-electron chi connectivity index (χ3n) is 4.75. The van der Waals surface area contributed by atoms with Gasteiger partial charge in [-0.3, -0.25) is 4.40 Å². The van der Waals surface area contributed by atoms with Gasteiger partial charge in [0.05, 0.1) is 0 Å². The summed E-state index contributed by atoms with van der Waals surface area (Å²) in [5.41, 5.74) is 6.18. The first-order valence-electron chi connectivity index (χ1n) is 9.16. The molecule has 0 saturated carbocycles. The number of anilines is 2. The van der Waals surface area contributed by atoms with Gasteiger partial charge in [-0.15, -0.1) is 0 Å². The number of hydrogen-bond acceptors (Lipinski definition) is 3. The molecule has 0 amide bonds. The third kappa shape index (κ3) is 3.38. The van der Waals surface area contributed by atoms with E-state index in [2.05, 4.69) is 67.0 Å². The fourth-order valence-corrected chi connectivity index (χ4v) is 3.18. The molecule has 27 heavy (non-hydrogen) atoms. The Bertz CT molecular complexity index is 1080. The lowest BCUT2D eigenvalue weighted by Crippen LogP contribution is -1.98. The minimum atomic E-state index is 0.247. The number of rotatable bonds is 4. The molecule has 0 aliphatic rings. The van der Waals surface area contributed by atoms with Crippen molar-refractivity contribution in [2.75, 3.05) is 5.32 Å². The van der Waals surface area contributed by atoms with Gasteiger partial charge in [-0.05, 0) is 66.4 Å². The molecule has 0 saturated heterocycles. The molecule has 4 aromatic rings. The van der Waals surface area contributed by atoms with Crippen LogP contribution in [0.25, 0.3) is 16.9 Å². The lowest BCUT2D eigenvalue weighted by molar-refractivity contribution is 0.475. The van der Waals surface area contributed by atoms with Crippen LogP contribution in [0, 0.1) is 6.92 Å². The first-order chi connectivity index (χ1) is 13.0. The molecule has 0 radical (unpaired) electrons. The molecule has 2 aromatic carbocycles. The Morgan fingerprint density at radius 3 is 2.30 bits per heavy atom. The van der Waals surface area contributed by atoms with Gasteiger partial charge < -0.3 is 10.4 Å². The summed E-state index contributed by atoms with van der Waals surface area (Å²) in [5.74, 6) is 1.67.